The third kappa shape index (κ3) is 14.6. The molecule has 3 heteroatoms. The van der Waals surface area contributed by atoms with Gasteiger partial charge in [-0.3, -0.25) is 0 Å². The minimum absolute atomic E-state index is 0. The van der Waals surface area contributed by atoms with Crippen molar-refractivity contribution in [2.75, 3.05) is 7.11 Å². The summed E-state index contributed by atoms with van der Waals surface area (Å²) in [6.07, 6.45) is 0. The molecule has 0 spiro atoms. The molecule has 0 aliphatic rings. The zero-order chi connectivity index (χ0) is 2.71. The van der Waals surface area contributed by atoms with Crippen LogP contribution in [0.5, 0.6) is 0 Å². The van der Waals surface area contributed by atoms with Crippen molar-refractivity contribution in [2.45, 2.75) is 0 Å². The maximum absolute atomic E-state index is 4.01. The van der Waals surface area contributed by atoms with Gasteiger partial charge >= 0.3 is 27.3 Å². The second kappa shape index (κ2) is 9.23. The maximum Gasteiger partial charge on any atom is -1.00 e. The van der Waals surface area contributed by atoms with Gasteiger partial charge < -0.3 is 12.4 Å². The van der Waals surface area contributed by atoms with Crippen molar-refractivity contribution < 1.29 is 32.6 Å². The van der Waals surface area contributed by atoms with Crippen LogP contribution in [-0.2, 0) is 20.2 Å². The molecule has 0 aromatic heterocycles. The van der Waals surface area contributed by atoms with E-state index in [2.05, 4.69) is 20.2 Å². The van der Waals surface area contributed by atoms with E-state index in [1.54, 1.807) is 0 Å². The summed E-state index contributed by atoms with van der Waals surface area (Å²) in [5.74, 6) is 0. The van der Waals surface area contributed by atoms with Gasteiger partial charge in [-0.15, -0.1) is 0 Å². The third-order valence-corrected chi connectivity index (χ3v) is 0. The van der Waals surface area contributed by atoms with E-state index in [0.29, 0.717) is 0 Å². The van der Waals surface area contributed by atoms with Crippen molar-refractivity contribution in [1.29, 1.82) is 0 Å². The second-order valence-corrected chi connectivity index (χ2v) is 0.508. The first-order valence-electron chi connectivity index (χ1n) is 0.531. The molecule has 0 N–H and O–H groups in total. The van der Waals surface area contributed by atoms with E-state index >= 15 is 0 Å². The van der Waals surface area contributed by atoms with Crippen molar-refractivity contribution in [3.8, 4) is 0 Å². The van der Waals surface area contributed by atoms with Crippen LogP contribution in [0.25, 0.3) is 0 Å². The molecule has 0 aliphatic heterocycles. The van der Waals surface area contributed by atoms with Gasteiger partial charge in [-0.05, 0) is 0 Å². The molecular formula is CH3ClCuO. The van der Waals surface area contributed by atoms with Crippen molar-refractivity contribution in [1.82, 2.24) is 0 Å². The van der Waals surface area contributed by atoms with Crippen LogP contribution in [0.2, 0.25) is 0 Å². The van der Waals surface area contributed by atoms with Gasteiger partial charge in [-0.1, -0.05) is 0 Å². The van der Waals surface area contributed by atoms with Gasteiger partial charge in [0.05, 0.1) is 0 Å². The molecule has 0 heterocycles. The Kier molecular flexibility index (Phi) is 20.4. The molecule has 0 atom stereocenters. The number of hydrogen-bond donors (Lipinski definition) is 0. The number of halogens is 1. The Balaban J connectivity index is 0. The molecule has 0 radical (unpaired) electrons. The Hall–Kier alpha value is 0.769. The summed E-state index contributed by atoms with van der Waals surface area (Å²) in [4.78, 5) is 0. The molecule has 0 unspecified atom stereocenters. The third-order valence-electron chi connectivity index (χ3n) is 0. The molecule has 0 aliphatic carbocycles. The van der Waals surface area contributed by atoms with Crippen LogP contribution in [0.1, 0.15) is 0 Å². The number of hydrogen-bond acceptors (Lipinski definition) is 1. The van der Waals surface area contributed by atoms with Gasteiger partial charge in [-0.2, -0.15) is 0 Å². The summed E-state index contributed by atoms with van der Waals surface area (Å²) in [5, 5.41) is 0. The van der Waals surface area contributed by atoms with Crippen LogP contribution in [0.15, 0.2) is 0 Å². The summed E-state index contributed by atoms with van der Waals surface area (Å²) in [6.45, 7) is 0. The standard InChI is InChI=1S/CH3O.ClH.Cu/c1-2;;/h1H3;1H;/q-1;;+2/p-1. The predicted octanol–water partition coefficient (Wildman–Crippen LogP) is -2.90. The SMILES string of the molecule is C[O][Cu+].[Cl-]. The maximum atomic E-state index is 4.01. The summed E-state index contributed by atoms with van der Waals surface area (Å²) < 4.78 is 3.81. The van der Waals surface area contributed by atoms with Crippen LogP contribution in [0, 0.1) is 0 Å². The van der Waals surface area contributed by atoms with Crippen LogP contribution in [0.3, 0.4) is 0 Å². The van der Waals surface area contributed by atoms with Gasteiger partial charge in [0.1, 0.15) is 0 Å². The summed E-state index contributed by atoms with van der Waals surface area (Å²) >= 11 is 4.01. The van der Waals surface area contributed by atoms with E-state index in [1.807, 2.05) is 0 Å². The molecule has 0 bridgehead atoms. The molecule has 0 rings (SSSR count). The average molecular weight is 130 g/mol. The Bertz CT molecular complexity index is 8.00. The minimum atomic E-state index is 0. The summed E-state index contributed by atoms with van der Waals surface area (Å²) in [7, 11) is 1.43. The Morgan fingerprint density at radius 2 is 1.75 bits per heavy atom. The molecular weight excluding hydrogens is 127 g/mol. The quantitative estimate of drug-likeness (QED) is 0.319. The monoisotopic (exact) mass is 129 g/mol. The molecule has 0 saturated heterocycles. The van der Waals surface area contributed by atoms with E-state index in [-0.39, 0.29) is 12.4 Å². The molecule has 1 nitrogen and oxygen atoms in total. The molecule has 0 saturated carbocycles. The fourth-order valence-electron chi connectivity index (χ4n) is 0. The normalized spacial score (nSPS) is 4.75. The molecule has 31 valence electrons. The fraction of sp³-hybridized carbons (Fsp3) is 1.00. The minimum Gasteiger partial charge on any atom is -1.00 e. The Morgan fingerprint density at radius 1 is 1.75 bits per heavy atom. The van der Waals surface area contributed by atoms with Gasteiger partial charge in [0, 0.05) is 0 Å². The van der Waals surface area contributed by atoms with Gasteiger partial charge in [0.25, 0.3) is 0 Å². The van der Waals surface area contributed by atoms with Gasteiger partial charge in [0.2, 0.25) is 0 Å². The summed E-state index contributed by atoms with van der Waals surface area (Å²) in [6, 6.07) is 0. The average Bonchev–Trinajstić information content (AvgIpc) is 0.918. The second-order valence-electron chi connectivity index (χ2n) is 0.123. The fourth-order valence-corrected chi connectivity index (χ4v) is 0. The first-order chi connectivity index (χ1) is 1.41. The zero-order valence-corrected chi connectivity index (χ0v) is 3.79. The van der Waals surface area contributed by atoms with Crippen LogP contribution in [-0.4, -0.2) is 7.11 Å². The van der Waals surface area contributed by atoms with Crippen LogP contribution >= 0.6 is 0 Å². The van der Waals surface area contributed by atoms with Crippen LogP contribution < -0.4 is 12.4 Å². The van der Waals surface area contributed by atoms with E-state index in [0.717, 1.165) is 0 Å². The van der Waals surface area contributed by atoms with E-state index < -0.39 is 0 Å². The van der Waals surface area contributed by atoms with Crippen molar-refractivity contribution in [2.24, 2.45) is 0 Å². The zero-order valence-electron chi connectivity index (χ0n) is 2.09. The largest absolute Gasteiger partial charge is 1.00 e. The summed E-state index contributed by atoms with van der Waals surface area (Å²) in [5.41, 5.74) is 0. The smallest absolute Gasteiger partial charge is 1.00 e. The first kappa shape index (κ1) is 8.84. The topological polar surface area (TPSA) is 9.23 Å². The van der Waals surface area contributed by atoms with Gasteiger partial charge in [0.15, 0.2) is 0 Å². The van der Waals surface area contributed by atoms with Crippen molar-refractivity contribution in [3.05, 3.63) is 0 Å². The molecule has 0 fully saturated rings. The van der Waals surface area contributed by atoms with Crippen molar-refractivity contribution >= 4 is 0 Å². The molecule has 4 heavy (non-hydrogen) atoms. The Labute approximate surface area is 40.3 Å². The number of rotatable bonds is 0. The van der Waals surface area contributed by atoms with Crippen LogP contribution in [0.4, 0.5) is 0 Å². The first-order valence-corrected chi connectivity index (χ1v) is 0.916. The van der Waals surface area contributed by atoms with E-state index in [4.69, 9.17) is 0 Å². The van der Waals surface area contributed by atoms with E-state index in [9.17, 15) is 0 Å². The molecule has 0 amide bonds. The molecule has 0 aromatic carbocycles. The van der Waals surface area contributed by atoms with Crippen molar-refractivity contribution in [3.63, 3.8) is 0 Å². The Morgan fingerprint density at radius 3 is 1.75 bits per heavy atom. The molecule has 0 aromatic rings. The predicted molar refractivity (Wildman–Crippen MR) is 7.01 cm³/mol. The van der Waals surface area contributed by atoms with Gasteiger partial charge in [-0.25, -0.2) is 0 Å². The van der Waals surface area contributed by atoms with E-state index in [1.165, 1.54) is 7.11 Å².